The van der Waals surface area contributed by atoms with Crippen LogP contribution in [-0.2, 0) is 23.6 Å². The number of halogens is 2. The van der Waals surface area contributed by atoms with Gasteiger partial charge in [-0.05, 0) is 25.2 Å². The van der Waals surface area contributed by atoms with Gasteiger partial charge in [-0.25, -0.2) is 13.1 Å². The van der Waals surface area contributed by atoms with Gasteiger partial charge in [-0.3, -0.25) is 10.1 Å². The second kappa shape index (κ2) is 6.98. The van der Waals surface area contributed by atoms with E-state index in [1.54, 1.807) is 17.7 Å². The topological polar surface area (TPSA) is 106 Å². The van der Waals surface area contributed by atoms with Crippen LogP contribution in [0.25, 0.3) is 0 Å². The number of nitro groups is 1. The summed E-state index contributed by atoms with van der Waals surface area (Å²) < 4.78 is 27.3. The normalized spacial score (nSPS) is 11.5. The highest BCUT2D eigenvalue weighted by Crippen LogP contribution is 2.29. The maximum Gasteiger partial charge on any atom is 0.293 e. The van der Waals surface area contributed by atoms with E-state index in [1.807, 2.05) is 0 Å². The van der Waals surface area contributed by atoms with E-state index in [1.165, 1.54) is 19.2 Å². The highest BCUT2D eigenvalue weighted by molar-refractivity contribution is 7.89. The van der Waals surface area contributed by atoms with Crippen LogP contribution < -0.4 is 10.0 Å². The van der Waals surface area contributed by atoms with Crippen molar-refractivity contribution in [1.29, 1.82) is 0 Å². The summed E-state index contributed by atoms with van der Waals surface area (Å²) in [6.07, 6.45) is 0. The van der Waals surface area contributed by atoms with Gasteiger partial charge in [0, 0.05) is 18.8 Å². The molecule has 0 saturated heterocycles. The molecule has 0 aliphatic heterocycles. The number of nitrogens with zero attached hydrogens (tertiary/aromatic N) is 2. The first-order chi connectivity index (χ1) is 11.2. The van der Waals surface area contributed by atoms with Gasteiger partial charge < -0.3 is 9.88 Å². The number of aromatic nitrogens is 1. The van der Waals surface area contributed by atoms with Crippen molar-refractivity contribution in [2.24, 2.45) is 7.05 Å². The molecular weight excluding hydrogens is 379 g/mol. The first-order valence-electron chi connectivity index (χ1n) is 6.63. The number of sulfonamides is 1. The summed E-state index contributed by atoms with van der Waals surface area (Å²) in [5, 5.41) is 14.9. The van der Waals surface area contributed by atoms with Crippen molar-refractivity contribution in [2.75, 3.05) is 12.4 Å². The van der Waals surface area contributed by atoms with Gasteiger partial charge in [-0.2, -0.15) is 0 Å². The molecule has 0 bridgehead atoms. The third-order valence-electron chi connectivity index (χ3n) is 3.42. The van der Waals surface area contributed by atoms with Crippen molar-refractivity contribution in [1.82, 2.24) is 9.29 Å². The fourth-order valence-corrected chi connectivity index (χ4v) is 3.21. The lowest BCUT2D eigenvalue weighted by Crippen LogP contribution is -2.18. The van der Waals surface area contributed by atoms with Gasteiger partial charge in [0.25, 0.3) is 5.69 Å². The lowest BCUT2D eigenvalue weighted by atomic mass is 10.2. The molecule has 0 aliphatic carbocycles. The summed E-state index contributed by atoms with van der Waals surface area (Å²) in [7, 11) is -0.825. The maximum absolute atomic E-state index is 11.8. The standard InChI is InChI=1S/C13H14Cl2N4O4S/c1-16-24(22,23)9-3-4-11(12(6-9)19(20)21)17-7-8-5-10(14)13(15)18(8)2/h3-6,16-17H,7H2,1-2H3. The zero-order chi connectivity index (χ0) is 18.1. The maximum atomic E-state index is 11.8. The quantitative estimate of drug-likeness (QED) is 0.580. The van der Waals surface area contributed by atoms with E-state index < -0.39 is 14.9 Å². The molecular formula is C13H14Cl2N4O4S. The second-order valence-corrected chi connectivity index (χ2v) is 7.48. The predicted octanol–water partition coefficient (Wildman–Crippen LogP) is 2.76. The van der Waals surface area contributed by atoms with Crippen LogP contribution in [0.1, 0.15) is 5.69 Å². The number of hydrogen-bond acceptors (Lipinski definition) is 5. The van der Waals surface area contributed by atoms with E-state index in [0.29, 0.717) is 15.9 Å². The van der Waals surface area contributed by atoms with E-state index in [-0.39, 0.29) is 22.8 Å². The minimum absolute atomic E-state index is 0.184. The summed E-state index contributed by atoms with van der Waals surface area (Å²) in [6, 6.07) is 5.27. The van der Waals surface area contributed by atoms with E-state index >= 15 is 0 Å². The molecule has 130 valence electrons. The second-order valence-electron chi connectivity index (χ2n) is 4.83. The molecule has 2 rings (SSSR count). The third kappa shape index (κ3) is 3.64. The number of nitro benzene ring substituents is 1. The summed E-state index contributed by atoms with van der Waals surface area (Å²) in [4.78, 5) is 10.4. The Hall–Kier alpha value is -1.81. The molecule has 2 N–H and O–H groups in total. The average Bonchev–Trinajstić information content (AvgIpc) is 2.79. The molecule has 0 atom stereocenters. The Kier molecular flexibility index (Phi) is 5.38. The van der Waals surface area contributed by atoms with Gasteiger partial charge in [-0.15, -0.1) is 0 Å². The van der Waals surface area contributed by atoms with Crippen LogP contribution >= 0.6 is 23.2 Å². The Morgan fingerprint density at radius 3 is 2.46 bits per heavy atom. The van der Waals surface area contributed by atoms with E-state index in [0.717, 1.165) is 6.07 Å². The van der Waals surface area contributed by atoms with Crippen molar-refractivity contribution >= 4 is 44.6 Å². The minimum atomic E-state index is -3.77. The smallest absolute Gasteiger partial charge is 0.293 e. The first kappa shape index (κ1) is 18.5. The third-order valence-corrected chi connectivity index (χ3v) is 5.67. The molecule has 0 amide bonds. The van der Waals surface area contributed by atoms with Crippen molar-refractivity contribution in [3.8, 4) is 0 Å². The minimum Gasteiger partial charge on any atom is -0.374 e. The van der Waals surface area contributed by atoms with Crippen LogP contribution in [-0.4, -0.2) is 25.0 Å². The zero-order valence-electron chi connectivity index (χ0n) is 12.7. The summed E-state index contributed by atoms with van der Waals surface area (Å²) in [5.74, 6) is 0. The Balaban J connectivity index is 2.33. The van der Waals surface area contributed by atoms with Gasteiger partial charge in [0.05, 0.1) is 21.4 Å². The zero-order valence-corrected chi connectivity index (χ0v) is 15.0. The molecule has 0 aliphatic rings. The number of nitrogens with one attached hydrogen (secondary N) is 2. The number of benzene rings is 1. The SMILES string of the molecule is CNS(=O)(=O)c1ccc(NCc2cc(Cl)c(Cl)n2C)c([N+](=O)[O-])c1. The van der Waals surface area contributed by atoms with Gasteiger partial charge in [0.1, 0.15) is 10.8 Å². The largest absolute Gasteiger partial charge is 0.374 e. The monoisotopic (exact) mass is 392 g/mol. The fourth-order valence-electron chi connectivity index (χ4n) is 2.04. The Bertz CT molecular complexity index is 896. The molecule has 0 saturated carbocycles. The number of rotatable bonds is 6. The van der Waals surface area contributed by atoms with Crippen LogP contribution in [0.15, 0.2) is 29.2 Å². The van der Waals surface area contributed by atoms with E-state index in [9.17, 15) is 18.5 Å². The number of hydrogen-bond donors (Lipinski definition) is 2. The first-order valence-corrected chi connectivity index (χ1v) is 8.86. The molecule has 0 unspecified atom stereocenters. The van der Waals surface area contributed by atoms with Gasteiger partial charge >= 0.3 is 0 Å². The van der Waals surface area contributed by atoms with Gasteiger partial charge in [-0.1, -0.05) is 23.2 Å². The Morgan fingerprint density at radius 1 is 1.29 bits per heavy atom. The molecule has 1 heterocycles. The number of anilines is 1. The molecule has 0 radical (unpaired) electrons. The molecule has 8 nitrogen and oxygen atoms in total. The molecule has 11 heteroatoms. The van der Waals surface area contributed by atoms with Crippen molar-refractivity contribution in [2.45, 2.75) is 11.4 Å². The molecule has 0 fully saturated rings. The lowest BCUT2D eigenvalue weighted by molar-refractivity contribution is -0.384. The van der Waals surface area contributed by atoms with E-state index in [4.69, 9.17) is 23.2 Å². The highest BCUT2D eigenvalue weighted by Gasteiger charge is 2.20. The lowest BCUT2D eigenvalue weighted by Gasteiger charge is -2.10. The Labute approximate surface area is 148 Å². The molecule has 0 spiro atoms. The highest BCUT2D eigenvalue weighted by atomic mass is 35.5. The fraction of sp³-hybridized carbons (Fsp3) is 0.231. The predicted molar refractivity (Wildman–Crippen MR) is 92.1 cm³/mol. The van der Waals surface area contributed by atoms with Gasteiger partial charge in [0.15, 0.2) is 0 Å². The van der Waals surface area contributed by atoms with Gasteiger partial charge in [0.2, 0.25) is 10.0 Å². The van der Waals surface area contributed by atoms with Crippen LogP contribution in [0, 0.1) is 10.1 Å². The molecule has 24 heavy (non-hydrogen) atoms. The van der Waals surface area contributed by atoms with Crippen LogP contribution in [0.5, 0.6) is 0 Å². The van der Waals surface area contributed by atoms with E-state index in [2.05, 4.69) is 10.0 Å². The van der Waals surface area contributed by atoms with Crippen LogP contribution in [0.3, 0.4) is 0 Å². The Morgan fingerprint density at radius 2 is 1.96 bits per heavy atom. The molecule has 2 aromatic rings. The van der Waals surface area contributed by atoms with Crippen LogP contribution in [0.2, 0.25) is 10.2 Å². The van der Waals surface area contributed by atoms with Crippen molar-refractivity contribution < 1.29 is 13.3 Å². The molecule has 1 aromatic carbocycles. The van der Waals surface area contributed by atoms with Crippen molar-refractivity contribution in [3.05, 3.63) is 50.2 Å². The average molecular weight is 393 g/mol. The molecule has 1 aromatic heterocycles. The van der Waals surface area contributed by atoms with Crippen LogP contribution in [0.4, 0.5) is 11.4 Å². The van der Waals surface area contributed by atoms with Crippen molar-refractivity contribution in [3.63, 3.8) is 0 Å². The summed E-state index contributed by atoms with van der Waals surface area (Å²) in [6.45, 7) is 0.224. The summed E-state index contributed by atoms with van der Waals surface area (Å²) in [5.41, 5.74) is 0.549. The summed E-state index contributed by atoms with van der Waals surface area (Å²) >= 11 is 11.9.